The van der Waals surface area contributed by atoms with Gasteiger partial charge >= 0.3 is 0 Å². The number of aromatic nitrogens is 3. The second-order valence-corrected chi connectivity index (χ2v) is 4.54. The van der Waals surface area contributed by atoms with E-state index < -0.39 is 0 Å². The van der Waals surface area contributed by atoms with Gasteiger partial charge < -0.3 is 0 Å². The van der Waals surface area contributed by atoms with E-state index in [0.29, 0.717) is 16.7 Å². The van der Waals surface area contributed by atoms with E-state index in [4.69, 9.17) is 11.6 Å². The molecule has 0 spiro atoms. The molecule has 0 N–H and O–H groups in total. The standard InChI is InChI=1S/C15H9ClFN3/c16-14-8-13(10-3-5-12(17)6-4-10)19-15(20-14)11-2-1-7-18-9-11/h1-9H. The van der Waals surface area contributed by atoms with Crippen LogP contribution in [0.5, 0.6) is 0 Å². The molecule has 0 bridgehead atoms. The van der Waals surface area contributed by atoms with Gasteiger partial charge in [0.25, 0.3) is 0 Å². The molecule has 0 aliphatic rings. The first kappa shape index (κ1) is 12.7. The Bertz CT molecular complexity index is 730. The highest BCUT2D eigenvalue weighted by molar-refractivity contribution is 6.29. The highest BCUT2D eigenvalue weighted by atomic mass is 35.5. The summed E-state index contributed by atoms with van der Waals surface area (Å²) in [4.78, 5) is 12.7. The molecule has 0 saturated carbocycles. The summed E-state index contributed by atoms with van der Waals surface area (Å²) in [6, 6.07) is 11.4. The summed E-state index contributed by atoms with van der Waals surface area (Å²) in [7, 11) is 0. The van der Waals surface area contributed by atoms with Crippen LogP contribution in [0.15, 0.2) is 54.9 Å². The van der Waals surface area contributed by atoms with E-state index in [-0.39, 0.29) is 5.82 Å². The van der Waals surface area contributed by atoms with Crippen molar-refractivity contribution in [3.63, 3.8) is 0 Å². The Morgan fingerprint density at radius 1 is 0.950 bits per heavy atom. The van der Waals surface area contributed by atoms with Crippen molar-refractivity contribution in [1.29, 1.82) is 0 Å². The molecule has 0 unspecified atom stereocenters. The SMILES string of the molecule is Fc1ccc(-c2cc(Cl)nc(-c3cccnc3)n2)cc1. The summed E-state index contributed by atoms with van der Waals surface area (Å²) in [6.45, 7) is 0. The first-order valence-corrected chi connectivity index (χ1v) is 6.31. The first-order valence-electron chi connectivity index (χ1n) is 5.93. The third kappa shape index (κ3) is 2.65. The van der Waals surface area contributed by atoms with E-state index in [0.717, 1.165) is 11.1 Å². The van der Waals surface area contributed by atoms with Crippen LogP contribution in [0.2, 0.25) is 5.15 Å². The van der Waals surface area contributed by atoms with Gasteiger partial charge in [-0.2, -0.15) is 0 Å². The molecule has 2 aromatic heterocycles. The summed E-state index contributed by atoms with van der Waals surface area (Å²) in [5.74, 6) is 0.200. The zero-order valence-electron chi connectivity index (χ0n) is 10.3. The Balaban J connectivity index is 2.09. The van der Waals surface area contributed by atoms with Gasteiger partial charge in [-0.15, -0.1) is 0 Å². The van der Waals surface area contributed by atoms with Crippen molar-refractivity contribution in [3.8, 4) is 22.6 Å². The highest BCUT2D eigenvalue weighted by Gasteiger charge is 2.07. The summed E-state index contributed by atoms with van der Waals surface area (Å²) < 4.78 is 13.0. The average molecular weight is 286 g/mol. The highest BCUT2D eigenvalue weighted by Crippen LogP contribution is 2.24. The van der Waals surface area contributed by atoms with Gasteiger partial charge in [-0.1, -0.05) is 11.6 Å². The van der Waals surface area contributed by atoms with Crippen molar-refractivity contribution >= 4 is 11.6 Å². The van der Waals surface area contributed by atoms with Gasteiger partial charge in [0.15, 0.2) is 5.82 Å². The first-order chi connectivity index (χ1) is 9.72. The second kappa shape index (κ2) is 5.35. The lowest BCUT2D eigenvalue weighted by Gasteiger charge is -2.05. The van der Waals surface area contributed by atoms with Crippen molar-refractivity contribution in [2.75, 3.05) is 0 Å². The molecule has 1 aromatic carbocycles. The van der Waals surface area contributed by atoms with Crippen LogP contribution < -0.4 is 0 Å². The number of nitrogens with zero attached hydrogens (tertiary/aromatic N) is 3. The van der Waals surface area contributed by atoms with E-state index in [1.54, 1.807) is 36.7 Å². The zero-order valence-corrected chi connectivity index (χ0v) is 11.0. The third-order valence-corrected chi connectivity index (χ3v) is 2.95. The van der Waals surface area contributed by atoms with Gasteiger partial charge in [-0.3, -0.25) is 4.98 Å². The molecular weight excluding hydrogens is 277 g/mol. The van der Waals surface area contributed by atoms with E-state index in [1.807, 2.05) is 6.07 Å². The minimum atomic E-state index is -0.290. The summed E-state index contributed by atoms with van der Waals surface area (Å²) in [6.07, 6.45) is 3.34. The monoisotopic (exact) mass is 285 g/mol. The maximum Gasteiger partial charge on any atom is 0.163 e. The largest absolute Gasteiger partial charge is 0.264 e. The summed E-state index contributed by atoms with van der Waals surface area (Å²) in [5.41, 5.74) is 2.20. The fourth-order valence-electron chi connectivity index (χ4n) is 1.81. The molecule has 0 saturated heterocycles. The van der Waals surface area contributed by atoms with E-state index >= 15 is 0 Å². The topological polar surface area (TPSA) is 38.7 Å². The van der Waals surface area contributed by atoms with Gasteiger partial charge in [-0.05, 0) is 36.4 Å². The number of rotatable bonds is 2. The number of benzene rings is 1. The fourth-order valence-corrected chi connectivity index (χ4v) is 1.99. The van der Waals surface area contributed by atoms with Crippen LogP contribution in [-0.2, 0) is 0 Å². The number of halogens is 2. The number of hydrogen-bond acceptors (Lipinski definition) is 3. The van der Waals surface area contributed by atoms with Crippen LogP contribution in [0.25, 0.3) is 22.6 Å². The molecule has 5 heteroatoms. The van der Waals surface area contributed by atoms with Crippen LogP contribution >= 0.6 is 11.6 Å². The smallest absolute Gasteiger partial charge is 0.163 e. The van der Waals surface area contributed by atoms with Crippen LogP contribution in [0.4, 0.5) is 4.39 Å². The Labute approximate surface area is 120 Å². The Morgan fingerprint density at radius 2 is 1.75 bits per heavy atom. The number of pyridine rings is 1. The predicted molar refractivity (Wildman–Crippen MR) is 75.7 cm³/mol. The van der Waals surface area contributed by atoms with Gasteiger partial charge in [0, 0.05) is 29.6 Å². The number of hydrogen-bond donors (Lipinski definition) is 0. The molecule has 0 atom stereocenters. The van der Waals surface area contributed by atoms with Crippen LogP contribution in [0.1, 0.15) is 0 Å². The van der Waals surface area contributed by atoms with Crippen molar-refractivity contribution < 1.29 is 4.39 Å². The second-order valence-electron chi connectivity index (χ2n) is 4.15. The Morgan fingerprint density at radius 3 is 2.45 bits per heavy atom. The van der Waals surface area contributed by atoms with Crippen LogP contribution in [0, 0.1) is 5.82 Å². The lowest BCUT2D eigenvalue weighted by Crippen LogP contribution is -1.93. The minimum Gasteiger partial charge on any atom is -0.264 e. The van der Waals surface area contributed by atoms with E-state index in [2.05, 4.69) is 15.0 Å². The fraction of sp³-hybridized carbons (Fsp3) is 0. The van der Waals surface area contributed by atoms with Gasteiger partial charge in [-0.25, -0.2) is 14.4 Å². The quantitative estimate of drug-likeness (QED) is 0.668. The normalized spacial score (nSPS) is 10.5. The molecule has 0 aliphatic heterocycles. The zero-order chi connectivity index (χ0) is 13.9. The van der Waals surface area contributed by atoms with Crippen molar-refractivity contribution in [2.45, 2.75) is 0 Å². The van der Waals surface area contributed by atoms with Gasteiger partial charge in [0.2, 0.25) is 0 Å². The van der Waals surface area contributed by atoms with E-state index in [9.17, 15) is 4.39 Å². The molecule has 0 amide bonds. The van der Waals surface area contributed by atoms with E-state index in [1.165, 1.54) is 12.1 Å². The summed E-state index contributed by atoms with van der Waals surface area (Å²) >= 11 is 6.04. The predicted octanol–water partition coefficient (Wildman–Crippen LogP) is 4.00. The molecule has 0 fully saturated rings. The molecule has 0 radical (unpaired) electrons. The van der Waals surface area contributed by atoms with Crippen molar-refractivity contribution in [2.24, 2.45) is 0 Å². The molecular formula is C15H9ClFN3. The summed E-state index contributed by atoms with van der Waals surface area (Å²) in [5, 5.41) is 0.332. The average Bonchev–Trinajstić information content (AvgIpc) is 2.48. The van der Waals surface area contributed by atoms with Crippen molar-refractivity contribution in [3.05, 3.63) is 65.8 Å². The third-order valence-electron chi connectivity index (χ3n) is 2.75. The molecule has 3 aromatic rings. The van der Waals surface area contributed by atoms with Crippen LogP contribution in [-0.4, -0.2) is 15.0 Å². The molecule has 3 rings (SSSR count). The van der Waals surface area contributed by atoms with Gasteiger partial charge in [0.1, 0.15) is 11.0 Å². The lowest BCUT2D eigenvalue weighted by atomic mass is 10.1. The van der Waals surface area contributed by atoms with Gasteiger partial charge in [0.05, 0.1) is 5.69 Å². The minimum absolute atomic E-state index is 0.290. The molecule has 20 heavy (non-hydrogen) atoms. The molecule has 3 nitrogen and oxygen atoms in total. The maximum atomic E-state index is 13.0. The molecule has 98 valence electrons. The van der Waals surface area contributed by atoms with Crippen LogP contribution in [0.3, 0.4) is 0 Å². The Hall–Kier alpha value is -2.33. The molecule has 2 heterocycles. The van der Waals surface area contributed by atoms with Crippen molar-refractivity contribution in [1.82, 2.24) is 15.0 Å². The lowest BCUT2D eigenvalue weighted by molar-refractivity contribution is 0.628. The Kier molecular flexibility index (Phi) is 3.39. The maximum absolute atomic E-state index is 13.0. The molecule has 0 aliphatic carbocycles.